The Morgan fingerprint density at radius 3 is 2.52 bits per heavy atom. The SMILES string of the molecule is Cn1cc(Br)nc1C1(OCC(=O)OC(C)(C)C)CC2(CNC2)C1. The number of carbonyl (C=O) groups excluding carboxylic acids is 1. The number of aryl methyl sites for hydroxylation is 1. The first-order chi connectivity index (χ1) is 10.6. The Morgan fingerprint density at radius 1 is 1.43 bits per heavy atom. The zero-order valence-corrected chi connectivity index (χ0v) is 15.7. The summed E-state index contributed by atoms with van der Waals surface area (Å²) in [6.07, 6.45) is 3.68. The van der Waals surface area contributed by atoms with Gasteiger partial charge < -0.3 is 19.4 Å². The van der Waals surface area contributed by atoms with Crippen molar-refractivity contribution >= 4 is 21.9 Å². The van der Waals surface area contributed by atoms with E-state index in [2.05, 4.69) is 26.2 Å². The second-order valence-electron chi connectivity index (χ2n) is 7.82. The minimum atomic E-state index is -0.501. The molecule has 1 aliphatic carbocycles. The van der Waals surface area contributed by atoms with Gasteiger partial charge in [0.25, 0.3) is 0 Å². The Balaban J connectivity index is 1.73. The molecule has 3 rings (SSSR count). The number of imidazole rings is 1. The lowest BCUT2D eigenvalue weighted by Gasteiger charge is -2.59. The van der Waals surface area contributed by atoms with E-state index in [1.54, 1.807) is 0 Å². The van der Waals surface area contributed by atoms with Crippen LogP contribution in [0.3, 0.4) is 0 Å². The maximum absolute atomic E-state index is 12.0. The van der Waals surface area contributed by atoms with E-state index >= 15 is 0 Å². The number of ether oxygens (including phenoxy) is 2. The Hall–Kier alpha value is -0.920. The summed E-state index contributed by atoms with van der Waals surface area (Å²) in [4.78, 5) is 16.6. The van der Waals surface area contributed by atoms with Crippen LogP contribution in [0, 0.1) is 5.41 Å². The molecule has 0 amide bonds. The van der Waals surface area contributed by atoms with Gasteiger partial charge in [0, 0.05) is 31.7 Å². The Kier molecular flexibility index (Phi) is 4.09. The molecule has 1 aromatic heterocycles. The highest BCUT2D eigenvalue weighted by molar-refractivity contribution is 9.10. The molecule has 2 aliphatic rings. The van der Waals surface area contributed by atoms with Gasteiger partial charge in [-0.2, -0.15) is 0 Å². The summed E-state index contributed by atoms with van der Waals surface area (Å²) in [5.41, 5.74) is -0.704. The van der Waals surface area contributed by atoms with Crippen LogP contribution in [0.1, 0.15) is 39.4 Å². The van der Waals surface area contributed by atoms with Crippen LogP contribution in [0.2, 0.25) is 0 Å². The van der Waals surface area contributed by atoms with Crippen LogP contribution in [-0.4, -0.2) is 40.8 Å². The molecule has 1 saturated heterocycles. The number of halogens is 1. The fourth-order valence-electron chi connectivity index (χ4n) is 3.63. The van der Waals surface area contributed by atoms with Gasteiger partial charge in [-0.15, -0.1) is 0 Å². The third-order valence-corrected chi connectivity index (χ3v) is 4.84. The van der Waals surface area contributed by atoms with Crippen LogP contribution in [0.4, 0.5) is 0 Å². The molecule has 6 nitrogen and oxygen atoms in total. The van der Waals surface area contributed by atoms with Crippen molar-refractivity contribution in [3.8, 4) is 0 Å². The first kappa shape index (κ1) is 16.9. The molecule has 0 unspecified atom stereocenters. The summed E-state index contributed by atoms with van der Waals surface area (Å²) in [5, 5.41) is 3.33. The standard InChI is InChI=1S/C16H24BrN3O3/c1-14(2,3)23-12(21)6-22-16(7-15(8-16)9-18-10-15)13-19-11(17)5-20(13)4/h5,18H,6-10H2,1-4H3. The topological polar surface area (TPSA) is 65.4 Å². The molecular weight excluding hydrogens is 362 g/mol. The van der Waals surface area contributed by atoms with Gasteiger partial charge in [0.2, 0.25) is 0 Å². The molecule has 0 radical (unpaired) electrons. The van der Waals surface area contributed by atoms with Gasteiger partial charge in [-0.3, -0.25) is 0 Å². The lowest BCUT2D eigenvalue weighted by Crippen LogP contribution is -2.66. The van der Waals surface area contributed by atoms with Crippen LogP contribution in [0.25, 0.3) is 0 Å². The zero-order chi connectivity index (χ0) is 16.9. The number of carbonyl (C=O) groups is 1. The predicted octanol–water partition coefficient (Wildman–Crippen LogP) is 2.12. The molecule has 7 heteroatoms. The summed E-state index contributed by atoms with van der Waals surface area (Å²) < 4.78 is 14.2. The average molecular weight is 386 g/mol. The molecule has 2 fully saturated rings. The first-order valence-electron chi connectivity index (χ1n) is 7.89. The van der Waals surface area contributed by atoms with E-state index in [4.69, 9.17) is 9.47 Å². The molecule has 128 valence electrons. The van der Waals surface area contributed by atoms with Crippen molar-refractivity contribution in [3.05, 3.63) is 16.6 Å². The van der Waals surface area contributed by atoms with E-state index in [1.165, 1.54) is 0 Å². The lowest BCUT2D eigenvalue weighted by molar-refractivity contribution is -0.210. The maximum Gasteiger partial charge on any atom is 0.332 e. The quantitative estimate of drug-likeness (QED) is 0.804. The first-order valence-corrected chi connectivity index (χ1v) is 8.68. The van der Waals surface area contributed by atoms with E-state index in [1.807, 2.05) is 38.6 Å². The van der Waals surface area contributed by atoms with E-state index in [0.717, 1.165) is 36.4 Å². The molecule has 1 aromatic rings. The highest BCUT2D eigenvalue weighted by Crippen LogP contribution is 2.58. The van der Waals surface area contributed by atoms with Gasteiger partial charge in [0.1, 0.15) is 28.2 Å². The molecule has 0 aromatic carbocycles. The largest absolute Gasteiger partial charge is 0.458 e. The summed E-state index contributed by atoms with van der Waals surface area (Å²) in [6, 6.07) is 0. The van der Waals surface area contributed by atoms with Crippen molar-refractivity contribution in [1.82, 2.24) is 14.9 Å². The minimum absolute atomic E-state index is 0.0503. The highest BCUT2D eigenvalue weighted by atomic mass is 79.9. The second kappa shape index (κ2) is 5.57. The smallest absolute Gasteiger partial charge is 0.332 e. The van der Waals surface area contributed by atoms with Gasteiger partial charge >= 0.3 is 5.97 Å². The van der Waals surface area contributed by atoms with Gasteiger partial charge in [-0.25, -0.2) is 9.78 Å². The number of hydrogen-bond acceptors (Lipinski definition) is 5. The summed E-state index contributed by atoms with van der Waals surface area (Å²) in [6.45, 7) is 7.54. The van der Waals surface area contributed by atoms with Crippen molar-refractivity contribution < 1.29 is 14.3 Å². The zero-order valence-electron chi connectivity index (χ0n) is 14.1. The molecule has 1 spiro atoms. The van der Waals surface area contributed by atoms with Crippen molar-refractivity contribution in [3.63, 3.8) is 0 Å². The van der Waals surface area contributed by atoms with E-state index in [9.17, 15) is 4.79 Å². The molecular formula is C16H24BrN3O3. The average Bonchev–Trinajstić information content (AvgIpc) is 2.63. The predicted molar refractivity (Wildman–Crippen MR) is 88.9 cm³/mol. The molecule has 1 aliphatic heterocycles. The molecule has 1 saturated carbocycles. The number of nitrogens with zero attached hydrogens (tertiary/aromatic N) is 2. The normalized spacial score (nSPS) is 21.6. The summed E-state index contributed by atoms with van der Waals surface area (Å²) >= 11 is 3.42. The minimum Gasteiger partial charge on any atom is -0.458 e. The third kappa shape index (κ3) is 3.32. The van der Waals surface area contributed by atoms with E-state index < -0.39 is 11.2 Å². The van der Waals surface area contributed by atoms with Gasteiger partial charge in [0.05, 0.1) is 0 Å². The number of rotatable bonds is 4. The van der Waals surface area contributed by atoms with Crippen molar-refractivity contribution in [1.29, 1.82) is 0 Å². The van der Waals surface area contributed by atoms with Crippen LogP contribution in [0.5, 0.6) is 0 Å². The molecule has 0 bridgehead atoms. The Labute approximate surface area is 145 Å². The monoisotopic (exact) mass is 385 g/mol. The Bertz CT molecular complexity index is 609. The summed E-state index contributed by atoms with van der Waals surface area (Å²) in [5.74, 6) is 0.531. The van der Waals surface area contributed by atoms with E-state index in [0.29, 0.717) is 5.41 Å². The fraction of sp³-hybridized carbons (Fsp3) is 0.750. The van der Waals surface area contributed by atoms with Crippen LogP contribution in [-0.2, 0) is 26.9 Å². The van der Waals surface area contributed by atoms with Gasteiger partial charge in [-0.05, 0) is 49.5 Å². The van der Waals surface area contributed by atoms with Crippen molar-refractivity contribution in [2.24, 2.45) is 12.5 Å². The van der Waals surface area contributed by atoms with Crippen LogP contribution < -0.4 is 5.32 Å². The molecule has 23 heavy (non-hydrogen) atoms. The third-order valence-electron chi connectivity index (χ3n) is 4.46. The molecule has 1 N–H and O–H groups in total. The number of aromatic nitrogens is 2. The van der Waals surface area contributed by atoms with Crippen molar-refractivity contribution in [2.45, 2.75) is 44.8 Å². The fourth-order valence-corrected chi connectivity index (χ4v) is 4.11. The van der Waals surface area contributed by atoms with Gasteiger partial charge in [-0.1, -0.05) is 0 Å². The number of nitrogens with one attached hydrogen (secondary N) is 1. The molecule has 2 heterocycles. The van der Waals surface area contributed by atoms with Gasteiger partial charge in [0.15, 0.2) is 0 Å². The van der Waals surface area contributed by atoms with Crippen LogP contribution in [0.15, 0.2) is 10.8 Å². The van der Waals surface area contributed by atoms with Crippen molar-refractivity contribution in [2.75, 3.05) is 19.7 Å². The lowest BCUT2D eigenvalue weighted by atomic mass is 9.55. The number of esters is 1. The second-order valence-corrected chi connectivity index (χ2v) is 8.64. The Morgan fingerprint density at radius 2 is 2.09 bits per heavy atom. The maximum atomic E-state index is 12.0. The van der Waals surface area contributed by atoms with Crippen LogP contribution >= 0.6 is 15.9 Å². The summed E-state index contributed by atoms with van der Waals surface area (Å²) in [7, 11) is 1.95. The van der Waals surface area contributed by atoms with E-state index in [-0.39, 0.29) is 12.6 Å². The molecule has 0 atom stereocenters. The number of hydrogen-bond donors (Lipinski definition) is 1. The highest BCUT2D eigenvalue weighted by Gasteiger charge is 2.61.